The largest absolute Gasteiger partial charge is 0.325 e. The predicted molar refractivity (Wildman–Crippen MR) is 123 cm³/mol. The Morgan fingerprint density at radius 1 is 1.03 bits per heavy atom. The highest BCUT2D eigenvalue weighted by atomic mass is 32.2. The number of carbonyl (C=O) groups is 1. The maximum absolute atomic E-state index is 13.0. The number of thioether (sulfide) groups is 1. The molecule has 0 radical (unpaired) electrons. The zero-order valence-electron chi connectivity index (χ0n) is 17.6. The van der Waals surface area contributed by atoms with Gasteiger partial charge in [0.2, 0.25) is 11.6 Å². The zero-order chi connectivity index (χ0) is 22.0. The van der Waals surface area contributed by atoms with Gasteiger partial charge in [0.15, 0.2) is 5.16 Å². The first-order valence-electron chi connectivity index (χ1n) is 10.0. The van der Waals surface area contributed by atoms with Crippen LogP contribution in [0.15, 0.2) is 70.9 Å². The third-order valence-electron chi connectivity index (χ3n) is 5.11. The van der Waals surface area contributed by atoms with E-state index in [0.29, 0.717) is 11.6 Å². The van der Waals surface area contributed by atoms with Gasteiger partial charge in [-0.05, 0) is 43.5 Å². The van der Waals surface area contributed by atoms with E-state index in [1.54, 1.807) is 16.8 Å². The summed E-state index contributed by atoms with van der Waals surface area (Å²) in [7, 11) is 0. The number of para-hydroxylation sites is 2. The predicted octanol–water partition coefficient (Wildman–Crippen LogP) is 4.01. The van der Waals surface area contributed by atoms with Crippen LogP contribution < -0.4 is 10.9 Å². The Hall–Kier alpha value is -3.39. The first-order chi connectivity index (χ1) is 15.0. The number of aromatic nitrogens is 4. The van der Waals surface area contributed by atoms with Crippen LogP contribution in [-0.2, 0) is 4.79 Å². The second kappa shape index (κ2) is 8.77. The zero-order valence-corrected chi connectivity index (χ0v) is 18.4. The van der Waals surface area contributed by atoms with Crippen molar-refractivity contribution < 1.29 is 4.79 Å². The van der Waals surface area contributed by atoms with Crippen molar-refractivity contribution in [1.82, 2.24) is 19.2 Å². The first-order valence-corrected chi connectivity index (χ1v) is 10.9. The van der Waals surface area contributed by atoms with Gasteiger partial charge in [-0.1, -0.05) is 55.1 Å². The summed E-state index contributed by atoms with van der Waals surface area (Å²) in [6.07, 6.45) is 4.05. The summed E-state index contributed by atoms with van der Waals surface area (Å²) >= 11 is 1.30. The lowest BCUT2D eigenvalue weighted by Gasteiger charge is -2.16. The van der Waals surface area contributed by atoms with E-state index in [0.717, 1.165) is 22.5 Å². The Bertz CT molecular complexity index is 1280. The van der Waals surface area contributed by atoms with Gasteiger partial charge in [-0.25, -0.2) is 0 Å². The van der Waals surface area contributed by atoms with Crippen LogP contribution in [0, 0.1) is 13.8 Å². The standard InChI is InChI=1S/C23H23N5O2S/c1-4-18(21(29)24-19-15(2)9-8-10-16(19)3)31-23-26-25-20-22(30)27(13-14-28(20)23)17-11-6-5-7-12-17/h5-14,18H,4H2,1-3H3,(H,24,29). The lowest BCUT2D eigenvalue weighted by molar-refractivity contribution is -0.115. The smallest absolute Gasteiger partial charge is 0.300 e. The molecule has 0 saturated heterocycles. The van der Waals surface area contributed by atoms with E-state index in [9.17, 15) is 9.59 Å². The van der Waals surface area contributed by atoms with Crippen LogP contribution in [0.5, 0.6) is 0 Å². The molecule has 0 fully saturated rings. The van der Waals surface area contributed by atoms with Crippen molar-refractivity contribution in [2.45, 2.75) is 37.6 Å². The number of carbonyl (C=O) groups excluding carboxylic acids is 1. The van der Waals surface area contributed by atoms with Crippen LogP contribution in [0.3, 0.4) is 0 Å². The Morgan fingerprint density at radius 2 is 1.74 bits per heavy atom. The highest BCUT2D eigenvalue weighted by Gasteiger charge is 2.23. The fourth-order valence-corrected chi connectivity index (χ4v) is 4.34. The fourth-order valence-electron chi connectivity index (χ4n) is 3.40. The van der Waals surface area contributed by atoms with E-state index in [1.807, 2.05) is 69.3 Å². The number of nitrogens with zero attached hydrogens (tertiary/aromatic N) is 4. The van der Waals surface area contributed by atoms with E-state index in [4.69, 9.17) is 0 Å². The molecule has 1 N–H and O–H groups in total. The molecular formula is C23H23N5O2S. The average molecular weight is 434 g/mol. The summed E-state index contributed by atoms with van der Waals surface area (Å²) in [6, 6.07) is 15.3. The summed E-state index contributed by atoms with van der Waals surface area (Å²) in [6.45, 7) is 5.90. The van der Waals surface area contributed by atoms with Crippen molar-refractivity contribution in [3.63, 3.8) is 0 Å². The quantitative estimate of drug-likeness (QED) is 0.465. The highest BCUT2D eigenvalue weighted by molar-refractivity contribution is 8.00. The minimum atomic E-state index is -0.372. The van der Waals surface area contributed by atoms with Gasteiger partial charge in [0.1, 0.15) is 0 Å². The molecule has 1 atom stereocenters. The summed E-state index contributed by atoms with van der Waals surface area (Å²) in [5.41, 5.74) is 3.58. The van der Waals surface area contributed by atoms with Gasteiger partial charge in [-0.15, -0.1) is 10.2 Å². The molecule has 4 rings (SSSR count). The van der Waals surface area contributed by atoms with Crippen LogP contribution in [0.2, 0.25) is 0 Å². The normalized spacial score (nSPS) is 12.1. The molecule has 0 aliphatic carbocycles. The van der Waals surface area contributed by atoms with Gasteiger partial charge < -0.3 is 5.32 Å². The number of aryl methyl sites for hydroxylation is 2. The Morgan fingerprint density at radius 3 is 2.42 bits per heavy atom. The van der Waals surface area contributed by atoms with Crippen molar-refractivity contribution >= 4 is 29.0 Å². The molecule has 8 heteroatoms. The number of rotatable bonds is 6. The van der Waals surface area contributed by atoms with Gasteiger partial charge in [-0.3, -0.25) is 18.6 Å². The summed E-state index contributed by atoms with van der Waals surface area (Å²) in [5, 5.41) is 11.5. The van der Waals surface area contributed by atoms with E-state index in [-0.39, 0.29) is 22.4 Å². The maximum Gasteiger partial charge on any atom is 0.300 e. The third kappa shape index (κ3) is 4.11. The summed E-state index contributed by atoms with van der Waals surface area (Å²) in [5.74, 6) is -0.0979. The number of amides is 1. The summed E-state index contributed by atoms with van der Waals surface area (Å²) < 4.78 is 3.17. The lowest BCUT2D eigenvalue weighted by Crippen LogP contribution is -2.26. The molecule has 1 unspecified atom stereocenters. The van der Waals surface area contributed by atoms with Crippen LogP contribution >= 0.6 is 11.8 Å². The second-order valence-electron chi connectivity index (χ2n) is 7.26. The molecule has 0 bridgehead atoms. The maximum atomic E-state index is 13.0. The molecule has 4 aromatic rings. The van der Waals surface area contributed by atoms with Crippen LogP contribution in [-0.4, -0.2) is 30.3 Å². The van der Waals surface area contributed by atoms with Gasteiger partial charge in [0.05, 0.1) is 5.25 Å². The molecule has 2 heterocycles. The molecule has 1 amide bonds. The van der Waals surface area contributed by atoms with Crippen molar-refractivity contribution in [2.75, 3.05) is 5.32 Å². The monoisotopic (exact) mass is 433 g/mol. The van der Waals surface area contributed by atoms with E-state index in [2.05, 4.69) is 15.5 Å². The minimum Gasteiger partial charge on any atom is -0.325 e. The lowest BCUT2D eigenvalue weighted by atomic mass is 10.1. The molecule has 31 heavy (non-hydrogen) atoms. The number of nitrogens with one attached hydrogen (secondary N) is 1. The molecule has 2 aromatic carbocycles. The van der Waals surface area contributed by atoms with Crippen LogP contribution in [0.4, 0.5) is 5.69 Å². The topological polar surface area (TPSA) is 81.3 Å². The van der Waals surface area contributed by atoms with Crippen molar-refractivity contribution in [3.8, 4) is 5.69 Å². The van der Waals surface area contributed by atoms with E-state index < -0.39 is 0 Å². The molecule has 2 aromatic heterocycles. The number of hydrogen-bond acceptors (Lipinski definition) is 5. The van der Waals surface area contributed by atoms with E-state index in [1.165, 1.54) is 16.3 Å². The molecule has 0 saturated carbocycles. The van der Waals surface area contributed by atoms with E-state index >= 15 is 0 Å². The average Bonchev–Trinajstić information content (AvgIpc) is 3.19. The SMILES string of the molecule is CCC(Sc1nnc2c(=O)n(-c3ccccc3)ccn12)C(=O)Nc1c(C)cccc1C. The van der Waals surface area contributed by atoms with Crippen LogP contribution in [0.25, 0.3) is 11.3 Å². The van der Waals surface area contributed by atoms with Gasteiger partial charge in [-0.2, -0.15) is 0 Å². The number of fused-ring (bicyclic) bond motifs is 1. The Kier molecular flexibility index (Phi) is 5.90. The third-order valence-corrected chi connectivity index (χ3v) is 6.44. The first kappa shape index (κ1) is 20.9. The molecule has 158 valence electrons. The highest BCUT2D eigenvalue weighted by Crippen LogP contribution is 2.27. The number of anilines is 1. The van der Waals surface area contributed by atoms with Gasteiger partial charge in [0.25, 0.3) is 0 Å². The minimum absolute atomic E-state index is 0.0979. The molecule has 0 aliphatic heterocycles. The molecule has 0 spiro atoms. The second-order valence-corrected chi connectivity index (χ2v) is 8.43. The van der Waals surface area contributed by atoms with Crippen LogP contribution in [0.1, 0.15) is 24.5 Å². The molecular weight excluding hydrogens is 410 g/mol. The Balaban J connectivity index is 1.60. The van der Waals surface area contributed by atoms with Gasteiger partial charge in [0, 0.05) is 23.8 Å². The molecule has 0 aliphatic rings. The fraction of sp³-hybridized carbons (Fsp3) is 0.217. The summed E-state index contributed by atoms with van der Waals surface area (Å²) in [4.78, 5) is 25.9. The molecule has 7 nitrogen and oxygen atoms in total. The van der Waals surface area contributed by atoms with Crippen molar-refractivity contribution in [2.24, 2.45) is 0 Å². The van der Waals surface area contributed by atoms with Crippen molar-refractivity contribution in [3.05, 3.63) is 82.4 Å². The number of benzene rings is 2. The van der Waals surface area contributed by atoms with Crippen molar-refractivity contribution in [1.29, 1.82) is 0 Å². The van der Waals surface area contributed by atoms with Gasteiger partial charge >= 0.3 is 5.56 Å². The Labute approximate surface area is 184 Å². The number of hydrogen-bond donors (Lipinski definition) is 1.